The topological polar surface area (TPSA) is 171 Å². The number of halogens is 3. The van der Waals surface area contributed by atoms with Gasteiger partial charge >= 0.3 is 14.0 Å². The SMILES string of the molecule is C[C@@]1(O)[C@H](O)[C@@H](COP2(=O)OCC[C@H](c3cccc(C(F)(F)F)c3)O2)O[C@H]1n1ccc2c(=O)[nH]c(N)nc21. The lowest BCUT2D eigenvalue weighted by Gasteiger charge is -2.30. The monoisotopic (exact) mass is 560 g/mol. The lowest BCUT2D eigenvalue weighted by atomic mass is 9.96. The molecule has 0 spiro atoms. The number of fused-ring (bicyclic) bond motifs is 1. The maximum atomic E-state index is 13.1. The van der Waals surface area contributed by atoms with Gasteiger partial charge in [0.15, 0.2) is 11.9 Å². The zero-order chi connectivity index (χ0) is 27.5. The number of hydrogen-bond donors (Lipinski definition) is 4. The number of aromatic nitrogens is 3. The summed E-state index contributed by atoms with van der Waals surface area (Å²) in [6.45, 7) is 0.615. The molecule has 2 aliphatic rings. The Morgan fingerprint density at radius 1 is 1.37 bits per heavy atom. The average molecular weight is 560 g/mol. The summed E-state index contributed by atoms with van der Waals surface area (Å²) < 4.78 is 75.5. The molecule has 0 amide bonds. The predicted molar refractivity (Wildman–Crippen MR) is 125 cm³/mol. The number of nitrogen functional groups attached to an aromatic ring is 1. The van der Waals surface area contributed by atoms with E-state index in [2.05, 4.69) is 9.97 Å². The van der Waals surface area contributed by atoms with Gasteiger partial charge in [-0.3, -0.25) is 23.3 Å². The maximum Gasteiger partial charge on any atom is 0.475 e. The molecule has 1 aromatic carbocycles. The molecule has 2 aliphatic heterocycles. The number of hydrogen-bond acceptors (Lipinski definition) is 10. The Kier molecular flexibility index (Phi) is 6.67. The zero-order valence-electron chi connectivity index (χ0n) is 19.8. The third-order valence-corrected chi connectivity index (χ3v) is 7.95. The molecule has 0 radical (unpaired) electrons. The second kappa shape index (κ2) is 9.45. The number of H-pyrrole nitrogens is 1. The van der Waals surface area contributed by atoms with Crippen molar-refractivity contribution in [3.63, 3.8) is 0 Å². The fourth-order valence-corrected chi connectivity index (χ4v) is 5.91. The second-order valence-electron chi connectivity index (χ2n) is 9.19. The van der Waals surface area contributed by atoms with Crippen molar-refractivity contribution in [2.24, 2.45) is 0 Å². The number of phosphoric ester groups is 1. The number of nitrogens with one attached hydrogen (secondary N) is 1. The first-order chi connectivity index (χ1) is 17.8. The molecule has 2 fully saturated rings. The summed E-state index contributed by atoms with van der Waals surface area (Å²) >= 11 is 0. The number of phosphoric acid groups is 1. The molecule has 12 nitrogen and oxygen atoms in total. The van der Waals surface area contributed by atoms with E-state index in [0.29, 0.717) is 0 Å². The minimum Gasteiger partial charge on any atom is -0.387 e. The van der Waals surface area contributed by atoms with Crippen molar-refractivity contribution >= 4 is 24.8 Å². The Labute approximate surface area is 212 Å². The molecule has 2 aromatic heterocycles. The average Bonchev–Trinajstić information content (AvgIpc) is 3.36. The first-order valence-electron chi connectivity index (χ1n) is 11.5. The van der Waals surface area contributed by atoms with Gasteiger partial charge in [-0.2, -0.15) is 18.2 Å². The van der Waals surface area contributed by atoms with Crippen molar-refractivity contribution in [3.8, 4) is 0 Å². The van der Waals surface area contributed by atoms with Gasteiger partial charge in [0.25, 0.3) is 5.56 Å². The van der Waals surface area contributed by atoms with Gasteiger partial charge in [0.1, 0.15) is 17.8 Å². The molecular weight excluding hydrogens is 536 g/mol. The van der Waals surface area contributed by atoms with Gasteiger partial charge in [-0.05, 0) is 30.7 Å². The Hall–Kier alpha value is -2.78. The summed E-state index contributed by atoms with van der Waals surface area (Å²) in [6.07, 6.45) is -8.04. The number of nitrogens with two attached hydrogens (primary N) is 1. The van der Waals surface area contributed by atoms with Gasteiger partial charge in [0, 0.05) is 12.6 Å². The summed E-state index contributed by atoms with van der Waals surface area (Å²) in [4.78, 5) is 18.6. The first-order valence-corrected chi connectivity index (χ1v) is 12.9. The van der Waals surface area contributed by atoms with Crippen LogP contribution in [0.1, 0.15) is 36.8 Å². The van der Waals surface area contributed by atoms with Crippen LogP contribution in [-0.4, -0.2) is 55.8 Å². The van der Waals surface area contributed by atoms with E-state index in [1.54, 1.807) is 0 Å². The number of alkyl halides is 3. The summed E-state index contributed by atoms with van der Waals surface area (Å²) in [5.74, 6) is -0.166. The van der Waals surface area contributed by atoms with Gasteiger partial charge < -0.3 is 25.3 Å². The van der Waals surface area contributed by atoms with Crippen LogP contribution in [0.2, 0.25) is 0 Å². The number of anilines is 1. The van der Waals surface area contributed by atoms with Crippen LogP contribution < -0.4 is 11.3 Å². The molecule has 0 aliphatic carbocycles. The molecular formula is C22H24F3N4O8P. The number of aliphatic hydroxyl groups is 2. The van der Waals surface area contributed by atoms with E-state index in [1.807, 2.05) is 0 Å². The van der Waals surface area contributed by atoms with Crippen LogP contribution in [0.5, 0.6) is 0 Å². The van der Waals surface area contributed by atoms with Gasteiger partial charge in [-0.1, -0.05) is 12.1 Å². The lowest BCUT2D eigenvalue weighted by Crippen LogP contribution is -2.44. The molecule has 4 heterocycles. The Morgan fingerprint density at radius 3 is 2.87 bits per heavy atom. The van der Waals surface area contributed by atoms with Crippen LogP contribution in [0.25, 0.3) is 11.0 Å². The van der Waals surface area contributed by atoms with Gasteiger partial charge in [-0.15, -0.1) is 0 Å². The van der Waals surface area contributed by atoms with Crippen molar-refractivity contribution < 1.29 is 46.3 Å². The molecule has 38 heavy (non-hydrogen) atoms. The molecule has 1 unspecified atom stereocenters. The van der Waals surface area contributed by atoms with Crippen LogP contribution in [0.4, 0.5) is 19.1 Å². The van der Waals surface area contributed by atoms with E-state index in [0.717, 1.165) is 12.1 Å². The van der Waals surface area contributed by atoms with Crippen LogP contribution in [0.3, 0.4) is 0 Å². The third-order valence-electron chi connectivity index (χ3n) is 6.48. The molecule has 206 valence electrons. The fourth-order valence-electron chi connectivity index (χ4n) is 4.51. The number of aliphatic hydroxyl groups excluding tert-OH is 1. The molecule has 2 saturated heterocycles. The molecule has 6 atom stereocenters. The minimum atomic E-state index is -4.56. The summed E-state index contributed by atoms with van der Waals surface area (Å²) in [5, 5.41) is 22.0. The van der Waals surface area contributed by atoms with Crippen LogP contribution in [-0.2, 0) is 29.0 Å². The quantitative estimate of drug-likeness (QED) is 0.340. The summed E-state index contributed by atoms with van der Waals surface area (Å²) in [6, 6.07) is 5.88. The van der Waals surface area contributed by atoms with Crippen molar-refractivity contribution in [2.45, 2.75) is 49.7 Å². The van der Waals surface area contributed by atoms with E-state index >= 15 is 0 Å². The summed E-state index contributed by atoms with van der Waals surface area (Å²) in [7, 11) is -4.28. The predicted octanol–water partition coefficient (Wildman–Crippen LogP) is 2.64. The number of aromatic amines is 1. The third kappa shape index (κ3) is 4.86. The van der Waals surface area contributed by atoms with Crippen molar-refractivity contribution in [3.05, 3.63) is 58.0 Å². The highest BCUT2D eigenvalue weighted by Crippen LogP contribution is 2.57. The fraction of sp³-hybridized carbons (Fsp3) is 0.455. The molecule has 5 N–H and O–H groups in total. The highest BCUT2D eigenvalue weighted by atomic mass is 31.2. The summed E-state index contributed by atoms with van der Waals surface area (Å²) in [5.41, 5.74) is 2.57. The van der Waals surface area contributed by atoms with Crippen molar-refractivity contribution in [2.75, 3.05) is 18.9 Å². The Balaban J connectivity index is 1.31. The smallest absolute Gasteiger partial charge is 0.387 e. The largest absolute Gasteiger partial charge is 0.475 e. The molecule has 5 rings (SSSR count). The van der Waals surface area contributed by atoms with Gasteiger partial charge in [-0.25, -0.2) is 4.57 Å². The van der Waals surface area contributed by atoms with Gasteiger partial charge in [0.2, 0.25) is 5.95 Å². The van der Waals surface area contributed by atoms with E-state index in [4.69, 9.17) is 24.0 Å². The lowest BCUT2D eigenvalue weighted by molar-refractivity contribution is -0.137. The van der Waals surface area contributed by atoms with E-state index in [9.17, 15) is 32.7 Å². The molecule has 0 saturated carbocycles. The minimum absolute atomic E-state index is 0.0981. The van der Waals surface area contributed by atoms with Gasteiger partial charge in [0.05, 0.1) is 30.3 Å². The highest BCUT2D eigenvalue weighted by Gasteiger charge is 2.54. The number of benzene rings is 1. The van der Waals surface area contributed by atoms with E-state index in [1.165, 1.54) is 35.9 Å². The van der Waals surface area contributed by atoms with Crippen LogP contribution in [0.15, 0.2) is 41.3 Å². The van der Waals surface area contributed by atoms with Crippen LogP contribution >= 0.6 is 7.82 Å². The van der Waals surface area contributed by atoms with Crippen molar-refractivity contribution in [1.82, 2.24) is 14.5 Å². The zero-order valence-corrected chi connectivity index (χ0v) is 20.7. The van der Waals surface area contributed by atoms with E-state index in [-0.39, 0.29) is 35.6 Å². The number of rotatable bonds is 5. The molecule has 16 heteroatoms. The standard InChI is InChI=1S/C22H24F3N4O8P/c1-21(32)16(30)15(36-19(21)29-7-5-13-17(29)27-20(26)28-18(13)31)10-35-38(33)34-8-6-14(37-38)11-3-2-4-12(9-11)22(23,24)25/h2-5,7,9,14-16,19,30,32H,6,8,10H2,1H3,(H3,26,27,28,31)/t14-,15-,16-,19-,21-,38?/m1/s1. The Morgan fingerprint density at radius 2 is 2.13 bits per heavy atom. The second-order valence-corrected chi connectivity index (χ2v) is 10.8. The number of ether oxygens (including phenoxy) is 1. The van der Waals surface area contributed by atoms with Crippen molar-refractivity contribution in [1.29, 1.82) is 0 Å². The number of nitrogens with zero attached hydrogens (tertiary/aromatic N) is 2. The first kappa shape index (κ1) is 26.8. The highest BCUT2D eigenvalue weighted by molar-refractivity contribution is 7.48. The van der Waals surface area contributed by atoms with E-state index < -0.39 is 61.9 Å². The molecule has 0 bridgehead atoms. The normalized spacial score (nSPS) is 32.2. The van der Waals surface area contributed by atoms with Crippen LogP contribution in [0, 0.1) is 0 Å². The molecule has 3 aromatic rings. The maximum absolute atomic E-state index is 13.1. The Bertz CT molecular complexity index is 1460.